The average Bonchev–Trinajstić information content (AvgIpc) is 2.94. The highest BCUT2D eigenvalue weighted by molar-refractivity contribution is 5.94. The molecule has 0 aromatic rings. The quantitative estimate of drug-likeness (QED) is 0.728. The van der Waals surface area contributed by atoms with Gasteiger partial charge in [-0.3, -0.25) is 9.59 Å². The van der Waals surface area contributed by atoms with Gasteiger partial charge >= 0.3 is 5.97 Å². The molecule has 0 spiro atoms. The van der Waals surface area contributed by atoms with E-state index in [2.05, 4.69) is 26.8 Å². The van der Waals surface area contributed by atoms with Crippen LogP contribution >= 0.6 is 0 Å². The standard InChI is InChI=1S/C21H35NO3/c1-12(2)10-16-19(6,7)21(16,18(24)25)20(17(22)23)11-14(5)8-9-15(20)13(3)4/h10,13-16H,8-9,11H2,1-7H3,(H2,22,23)(H,24,25)/t14-,15+,16+,20-,21-/m0/s1. The van der Waals surface area contributed by atoms with E-state index in [1.54, 1.807) is 0 Å². The lowest BCUT2D eigenvalue weighted by atomic mass is 9.51. The van der Waals surface area contributed by atoms with Crippen molar-refractivity contribution in [1.29, 1.82) is 0 Å². The van der Waals surface area contributed by atoms with E-state index >= 15 is 0 Å². The normalized spacial score (nSPS) is 39.8. The van der Waals surface area contributed by atoms with E-state index in [0.29, 0.717) is 12.3 Å². The van der Waals surface area contributed by atoms with Gasteiger partial charge in [-0.05, 0) is 49.9 Å². The maximum Gasteiger partial charge on any atom is 0.311 e. The molecule has 2 fully saturated rings. The van der Waals surface area contributed by atoms with Gasteiger partial charge in [0.05, 0.1) is 10.8 Å². The Hall–Kier alpha value is -1.32. The zero-order valence-corrected chi connectivity index (χ0v) is 16.8. The summed E-state index contributed by atoms with van der Waals surface area (Å²) in [5.41, 5.74) is 4.53. The maximum absolute atomic E-state index is 13.0. The molecule has 0 aromatic heterocycles. The van der Waals surface area contributed by atoms with Crippen molar-refractivity contribution in [2.45, 2.75) is 67.7 Å². The third-order valence-electron chi connectivity index (χ3n) is 7.24. The molecule has 0 heterocycles. The number of carbonyl (C=O) groups excluding carboxylic acids is 1. The van der Waals surface area contributed by atoms with Crippen LogP contribution in [0.15, 0.2) is 11.6 Å². The number of allylic oxidation sites excluding steroid dienone is 2. The van der Waals surface area contributed by atoms with E-state index in [1.807, 2.05) is 27.7 Å². The molecule has 4 nitrogen and oxygen atoms in total. The van der Waals surface area contributed by atoms with Crippen LogP contribution in [0.2, 0.25) is 0 Å². The van der Waals surface area contributed by atoms with Crippen molar-refractivity contribution in [1.82, 2.24) is 0 Å². The minimum atomic E-state index is -1.12. The molecule has 25 heavy (non-hydrogen) atoms. The summed E-state index contributed by atoms with van der Waals surface area (Å²) in [4.78, 5) is 25.7. The number of carboxylic acids is 1. The van der Waals surface area contributed by atoms with Crippen LogP contribution in [0.4, 0.5) is 0 Å². The molecule has 1 amide bonds. The maximum atomic E-state index is 13.0. The fourth-order valence-corrected chi connectivity index (χ4v) is 6.27. The number of nitrogens with two attached hydrogens (primary N) is 1. The highest BCUT2D eigenvalue weighted by Gasteiger charge is 2.85. The van der Waals surface area contributed by atoms with Gasteiger partial charge in [-0.1, -0.05) is 52.7 Å². The SMILES string of the molecule is CC(C)=C[C@@H]1C(C)(C)[C@]1(C(=O)O)[C@@]1(C(N)=O)C[C@@H](C)CC[C@@H]1C(C)C. The average molecular weight is 350 g/mol. The van der Waals surface area contributed by atoms with Crippen molar-refractivity contribution in [3.63, 3.8) is 0 Å². The topological polar surface area (TPSA) is 80.4 Å². The number of carboxylic acid groups (broad SMARTS) is 1. The number of aliphatic carboxylic acids is 1. The molecule has 0 aromatic carbocycles. The number of rotatable bonds is 5. The van der Waals surface area contributed by atoms with Gasteiger partial charge in [0.25, 0.3) is 0 Å². The van der Waals surface area contributed by atoms with Crippen LogP contribution in [0.3, 0.4) is 0 Å². The van der Waals surface area contributed by atoms with Crippen molar-refractivity contribution >= 4 is 11.9 Å². The predicted octanol–water partition coefficient (Wildman–Crippen LogP) is 4.24. The number of hydrogen-bond acceptors (Lipinski definition) is 2. The lowest BCUT2D eigenvalue weighted by molar-refractivity contribution is -0.169. The van der Waals surface area contributed by atoms with Crippen molar-refractivity contribution in [3.05, 3.63) is 11.6 Å². The molecule has 4 heteroatoms. The van der Waals surface area contributed by atoms with Crippen LogP contribution in [0.5, 0.6) is 0 Å². The lowest BCUT2D eigenvalue weighted by Crippen LogP contribution is -2.58. The first kappa shape index (κ1) is 20.0. The van der Waals surface area contributed by atoms with Gasteiger partial charge in [0, 0.05) is 5.92 Å². The molecule has 2 saturated carbocycles. The summed E-state index contributed by atoms with van der Waals surface area (Å²) < 4.78 is 0. The van der Waals surface area contributed by atoms with Gasteiger partial charge < -0.3 is 10.8 Å². The zero-order valence-electron chi connectivity index (χ0n) is 16.8. The van der Waals surface area contributed by atoms with Crippen LogP contribution in [0.25, 0.3) is 0 Å². The second kappa shape index (κ2) is 6.14. The van der Waals surface area contributed by atoms with Crippen LogP contribution in [-0.4, -0.2) is 17.0 Å². The summed E-state index contributed by atoms with van der Waals surface area (Å²) in [6.45, 7) is 14.3. The summed E-state index contributed by atoms with van der Waals surface area (Å²) in [6.07, 6.45) is 4.53. The predicted molar refractivity (Wildman–Crippen MR) is 99.7 cm³/mol. The summed E-state index contributed by atoms with van der Waals surface area (Å²) in [6, 6.07) is 0. The summed E-state index contributed by atoms with van der Waals surface area (Å²) in [5, 5.41) is 10.4. The molecule has 2 rings (SSSR count). The number of amides is 1. The van der Waals surface area contributed by atoms with Crippen molar-refractivity contribution in [3.8, 4) is 0 Å². The molecular formula is C21H35NO3. The van der Waals surface area contributed by atoms with Crippen LogP contribution < -0.4 is 5.73 Å². The van der Waals surface area contributed by atoms with Crippen LogP contribution in [0.1, 0.15) is 67.7 Å². The molecule has 142 valence electrons. The fraction of sp³-hybridized carbons (Fsp3) is 0.810. The molecule has 5 atom stereocenters. The number of carbonyl (C=O) groups is 2. The van der Waals surface area contributed by atoms with Crippen molar-refractivity contribution < 1.29 is 14.7 Å². The first-order valence-corrected chi connectivity index (χ1v) is 9.55. The first-order valence-electron chi connectivity index (χ1n) is 9.55. The van der Waals surface area contributed by atoms with Crippen LogP contribution in [-0.2, 0) is 9.59 Å². The third-order valence-corrected chi connectivity index (χ3v) is 7.24. The smallest absolute Gasteiger partial charge is 0.311 e. The van der Waals surface area contributed by atoms with Crippen LogP contribution in [0, 0.1) is 39.9 Å². The monoisotopic (exact) mass is 349 g/mol. The van der Waals surface area contributed by atoms with Gasteiger partial charge in [0.15, 0.2) is 0 Å². The minimum Gasteiger partial charge on any atom is -0.481 e. The van der Waals surface area contributed by atoms with Crippen molar-refractivity contribution in [2.24, 2.45) is 45.7 Å². The zero-order chi connectivity index (χ0) is 19.4. The number of hydrogen-bond donors (Lipinski definition) is 2. The van der Waals surface area contributed by atoms with E-state index in [0.717, 1.165) is 18.4 Å². The van der Waals surface area contributed by atoms with Gasteiger partial charge in [0.2, 0.25) is 5.91 Å². The number of primary amides is 1. The second-order valence-electron chi connectivity index (χ2n) is 9.63. The fourth-order valence-electron chi connectivity index (χ4n) is 6.27. The third kappa shape index (κ3) is 2.47. The Kier molecular flexibility index (Phi) is 4.91. The van der Waals surface area contributed by atoms with E-state index in [1.165, 1.54) is 0 Å². The molecule has 0 bridgehead atoms. The van der Waals surface area contributed by atoms with E-state index in [4.69, 9.17) is 5.73 Å². The summed E-state index contributed by atoms with van der Waals surface area (Å²) in [7, 11) is 0. The molecular weight excluding hydrogens is 314 g/mol. The minimum absolute atomic E-state index is 0.00661. The first-order chi connectivity index (χ1) is 11.4. The van der Waals surface area contributed by atoms with Gasteiger partial charge in [0.1, 0.15) is 0 Å². The molecule has 2 aliphatic rings. The van der Waals surface area contributed by atoms with Gasteiger partial charge in [-0.15, -0.1) is 0 Å². The Morgan fingerprint density at radius 3 is 2.16 bits per heavy atom. The Morgan fingerprint density at radius 2 is 1.76 bits per heavy atom. The lowest BCUT2D eigenvalue weighted by Gasteiger charge is -2.51. The molecule has 0 aliphatic heterocycles. The Morgan fingerprint density at radius 1 is 1.20 bits per heavy atom. The van der Waals surface area contributed by atoms with Gasteiger partial charge in [-0.2, -0.15) is 0 Å². The van der Waals surface area contributed by atoms with E-state index < -0.39 is 28.1 Å². The molecule has 3 N–H and O–H groups in total. The van der Waals surface area contributed by atoms with E-state index in [-0.39, 0.29) is 17.8 Å². The van der Waals surface area contributed by atoms with Gasteiger partial charge in [-0.25, -0.2) is 0 Å². The Bertz CT molecular complexity index is 602. The molecule has 0 radical (unpaired) electrons. The second-order valence-corrected chi connectivity index (χ2v) is 9.63. The summed E-state index contributed by atoms with van der Waals surface area (Å²) >= 11 is 0. The molecule has 2 aliphatic carbocycles. The highest BCUT2D eigenvalue weighted by Crippen LogP contribution is 2.80. The largest absolute Gasteiger partial charge is 0.481 e. The Balaban J connectivity index is 2.77. The molecule has 0 unspecified atom stereocenters. The summed E-state index contributed by atoms with van der Waals surface area (Å²) in [5.74, 6) is -0.910. The molecule has 0 saturated heterocycles. The van der Waals surface area contributed by atoms with Crippen molar-refractivity contribution in [2.75, 3.05) is 0 Å². The Labute approximate surface area is 152 Å². The highest BCUT2D eigenvalue weighted by atomic mass is 16.4. The van der Waals surface area contributed by atoms with E-state index in [9.17, 15) is 14.7 Å².